The van der Waals surface area contributed by atoms with Crippen LogP contribution < -0.4 is 0 Å². The molecule has 0 heterocycles. The third kappa shape index (κ3) is 2.84. The normalized spacial score (nSPS) is 15.7. The number of carboxylic acid groups (broad SMARTS) is 1. The Morgan fingerprint density at radius 1 is 1.33 bits per heavy atom. The number of carbonyl (C=O) groups is 1. The fraction of sp³-hybridized carbons (Fsp3) is 0.417. The number of nitro groups is 1. The standard InChI is InChI=1S/C12H15NO5/c1-7(8(2)12(15)16)11(14)9-5-3-4-6-10(9)13(17)18/h3-8,11,14H,1-2H3,(H,15,16). The van der Waals surface area contributed by atoms with E-state index in [-0.39, 0.29) is 11.3 Å². The summed E-state index contributed by atoms with van der Waals surface area (Å²) < 4.78 is 0. The molecule has 3 atom stereocenters. The lowest BCUT2D eigenvalue weighted by Crippen LogP contribution is -2.24. The van der Waals surface area contributed by atoms with Gasteiger partial charge in [0, 0.05) is 6.07 Å². The molecule has 1 rings (SSSR count). The van der Waals surface area contributed by atoms with Gasteiger partial charge in [-0.05, 0) is 12.0 Å². The molecule has 0 aromatic heterocycles. The highest BCUT2D eigenvalue weighted by atomic mass is 16.6. The van der Waals surface area contributed by atoms with Crippen LogP contribution in [0.25, 0.3) is 0 Å². The van der Waals surface area contributed by atoms with Gasteiger partial charge in [-0.25, -0.2) is 0 Å². The monoisotopic (exact) mass is 253 g/mol. The maximum atomic E-state index is 10.9. The second-order valence-electron chi connectivity index (χ2n) is 4.25. The minimum Gasteiger partial charge on any atom is -0.481 e. The average molecular weight is 253 g/mol. The number of para-hydroxylation sites is 1. The fourth-order valence-electron chi connectivity index (χ4n) is 1.69. The first-order valence-corrected chi connectivity index (χ1v) is 5.50. The molecule has 0 bridgehead atoms. The van der Waals surface area contributed by atoms with Crippen LogP contribution in [0.1, 0.15) is 25.5 Å². The molecule has 2 N–H and O–H groups in total. The molecule has 18 heavy (non-hydrogen) atoms. The number of nitro benzene ring substituents is 1. The molecule has 0 aliphatic rings. The third-order valence-corrected chi connectivity index (χ3v) is 3.13. The molecule has 0 aliphatic heterocycles. The van der Waals surface area contributed by atoms with E-state index in [4.69, 9.17) is 5.11 Å². The number of aliphatic hydroxyl groups is 1. The van der Waals surface area contributed by atoms with Gasteiger partial charge in [-0.1, -0.05) is 26.0 Å². The van der Waals surface area contributed by atoms with Crippen molar-refractivity contribution in [3.63, 3.8) is 0 Å². The third-order valence-electron chi connectivity index (χ3n) is 3.13. The molecule has 0 saturated carbocycles. The first-order valence-electron chi connectivity index (χ1n) is 5.50. The summed E-state index contributed by atoms with van der Waals surface area (Å²) in [4.78, 5) is 21.1. The number of hydrogen-bond donors (Lipinski definition) is 2. The molecule has 0 saturated heterocycles. The van der Waals surface area contributed by atoms with Gasteiger partial charge in [0.15, 0.2) is 0 Å². The Bertz CT molecular complexity index is 460. The highest BCUT2D eigenvalue weighted by Gasteiger charge is 2.30. The quantitative estimate of drug-likeness (QED) is 0.617. The van der Waals surface area contributed by atoms with Crippen LogP contribution in [0, 0.1) is 22.0 Å². The fourth-order valence-corrected chi connectivity index (χ4v) is 1.69. The number of rotatable bonds is 5. The van der Waals surface area contributed by atoms with E-state index in [1.54, 1.807) is 13.0 Å². The minimum absolute atomic E-state index is 0.142. The van der Waals surface area contributed by atoms with Gasteiger partial charge in [0.1, 0.15) is 0 Å². The van der Waals surface area contributed by atoms with Crippen molar-refractivity contribution in [2.75, 3.05) is 0 Å². The lowest BCUT2D eigenvalue weighted by atomic mass is 9.86. The molecule has 98 valence electrons. The summed E-state index contributed by atoms with van der Waals surface area (Å²) >= 11 is 0. The first kappa shape index (κ1) is 14.1. The summed E-state index contributed by atoms with van der Waals surface area (Å²) in [6.45, 7) is 3.02. The molecule has 1 aromatic rings. The smallest absolute Gasteiger partial charge is 0.306 e. The summed E-state index contributed by atoms with van der Waals surface area (Å²) in [5.74, 6) is -2.46. The minimum atomic E-state index is -1.18. The van der Waals surface area contributed by atoms with Crippen molar-refractivity contribution >= 4 is 11.7 Å². The van der Waals surface area contributed by atoms with Crippen molar-refractivity contribution in [1.82, 2.24) is 0 Å². The predicted molar refractivity (Wildman–Crippen MR) is 64.0 cm³/mol. The van der Waals surface area contributed by atoms with Crippen molar-refractivity contribution in [3.05, 3.63) is 39.9 Å². The molecule has 0 spiro atoms. The first-order chi connectivity index (χ1) is 8.36. The lowest BCUT2D eigenvalue weighted by Gasteiger charge is -2.22. The maximum absolute atomic E-state index is 10.9. The zero-order valence-electron chi connectivity index (χ0n) is 10.1. The van der Waals surface area contributed by atoms with E-state index in [0.29, 0.717) is 0 Å². The van der Waals surface area contributed by atoms with Crippen LogP contribution in [0.2, 0.25) is 0 Å². The SMILES string of the molecule is CC(C(=O)O)C(C)C(O)c1ccccc1[N+](=O)[O-]. The molecule has 0 amide bonds. The average Bonchev–Trinajstić information content (AvgIpc) is 2.35. The molecule has 0 aliphatic carbocycles. The highest BCUT2D eigenvalue weighted by molar-refractivity contribution is 5.70. The van der Waals surface area contributed by atoms with Crippen molar-refractivity contribution in [3.8, 4) is 0 Å². The summed E-state index contributed by atoms with van der Waals surface area (Å²) in [5.41, 5.74) is -0.0578. The van der Waals surface area contributed by atoms with Crippen LogP contribution in [0.4, 0.5) is 5.69 Å². The van der Waals surface area contributed by atoms with E-state index in [1.807, 2.05) is 0 Å². The van der Waals surface area contributed by atoms with Gasteiger partial charge in [0.25, 0.3) is 5.69 Å². The Hall–Kier alpha value is -1.95. The van der Waals surface area contributed by atoms with Crippen LogP contribution in [0.5, 0.6) is 0 Å². The molecular weight excluding hydrogens is 238 g/mol. The van der Waals surface area contributed by atoms with E-state index >= 15 is 0 Å². The van der Waals surface area contributed by atoms with E-state index in [2.05, 4.69) is 0 Å². The van der Waals surface area contributed by atoms with Gasteiger partial charge in [-0.3, -0.25) is 14.9 Å². The van der Waals surface area contributed by atoms with Gasteiger partial charge >= 0.3 is 5.97 Å². The maximum Gasteiger partial charge on any atom is 0.306 e. The van der Waals surface area contributed by atoms with Crippen LogP contribution in [-0.2, 0) is 4.79 Å². The zero-order valence-corrected chi connectivity index (χ0v) is 10.1. The van der Waals surface area contributed by atoms with E-state index < -0.39 is 28.8 Å². The number of nitrogens with zero attached hydrogens (tertiary/aromatic N) is 1. The Balaban J connectivity index is 3.07. The second-order valence-corrected chi connectivity index (χ2v) is 4.25. The second kappa shape index (κ2) is 5.59. The highest BCUT2D eigenvalue weighted by Crippen LogP contribution is 2.33. The molecule has 6 heteroatoms. The molecule has 1 aromatic carbocycles. The molecule has 3 unspecified atom stereocenters. The van der Waals surface area contributed by atoms with Crippen LogP contribution >= 0.6 is 0 Å². The lowest BCUT2D eigenvalue weighted by molar-refractivity contribution is -0.386. The van der Waals surface area contributed by atoms with Gasteiger partial charge in [0.05, 0.1) is 22.5 Å². The number of benzene rings is 1. The van der Waals surface area contributed by atoms with Crippen LogP contribution in [0.15, 0.2) is 24.3 Å². The Kier molecular flexibility index (Phi) is 4.38. The number of aliphatic carboxylic acids is 1. The summed E-state index contributed by atoms with van der Waals surface area (Å²) in [5, 5.41) is 29.8. The number of carboxylic acids is 1. The van der Waals surface area contributed by atoms with E-state index in [0.717, 1.165) is 0 Å². The zero-order chi connectivity index (χ0) is 13.9. The molecule has 6 nitrogen and oxygen atoms in total. The topological polar surface area (TPSA) is 101 Å². The molecule has 0 fully saturated rings. The van der Waals surface area contributed by atoms with Crippen molar-refractivity contribution in [2.45, 2.75) is 20.0 Å². The number of hydrogen-bond acceptors (Lipinski definition) is 4. The van der Waals surface area contributed by atoms with Crippen molar-refractivity contribution < 1.29 is 19.9 Å². The van der Waals surface area contributed by atoms with Gasteiger partial charge in [-0.2, -0.15) is 0 Å². The van der Waals surface area contributed by atoms with Crippen molar-refractivity contribution in [2.24, 2.45) is 11.8 Å². The van der Waals surface area contributed by atoms with Crippen LogP contribution in [-0.4, -0.2) is 21.1 Å². The Morgan fingerprint density at radius 3 is 2.39 bits per heavy atom. The van der Waals surface area contributed by atoms with Gasteiger partial charge < -0.3 is 10.2 Å². The largest absolute Gasteiger partial charge is 0.481 e. The van der Waals surface area contributed by atoms with Crippen molar-refractivity contribution in [1.29, 1.82) is 0 Å². The summed E-state index contributed by atoms with van der Waals surface area (Å²) in [6, 6.07) is 5.80. The summed E-state index contributed by atoms with van der Waals surface area (Å²) in [7, 11) is 0. The van der Waals surface area contributed by atoms with Crippen LogP contribution in [0.3, 0.4) is 0 Å². The Morgan fingerprint density at radius 2 is 1.89 bits per heavy atom. The summed E-state index contributed by atoms with van der Waals surface area (Å²) in [6.07, 6.45) is -1.18. The van der Waals surface area contributed by atoms with E-state index in [1.165, 1.54) is 25.1 Å². The van der Waals surface area contributed by atoms with Gasteiger partial charge in [-0.15, -0.1) is 0 Å². The predicted octanol–water partition coefficient (Wildman–Crippen LogP) is 1.98. The molecule has 0 radical (unpaired) electrons. The van der Waals surface area contributed by atoms with E-state index in [9.17, 15) is 20.0 Å². The number of aliphatic hydroxyl groups excluding tert-OH is 1. The van der Waals surface area contributed by atoms with Gasteiger partial charge in [0.2, 0.25) is 0 Å². The Labute approximate surface area is 104 Å². The molecular formula is C12H15NO5.